The zero-order valence-electron chi connectivity index (χ0n) is 7.86. The number of allylic oxidation sites excluding steroid dienone is 1. The summed E-state index contributed by atoms with van der Waals surface area (Å²) < 4.78 is 0. The smallest absolute Gasteiger partial charge is 0.0584 e. The number of rotatable bonds is 2. The Morgan fingerprint density at radius 2 is 2.18 bits per heavy atom. The fourth-order valence-electron chi connectivity index (χ4n) is 0.922. The van der Waals surface area contributed by atoms with Crippen molar-refractivity contribution in [2.75, 3.05) is 13.6 Å². The summed E-state index contributed by atoms with van der Waals surface area (Å²) in [5, 5.41) is 3.08. The fourth-order valence-corrected chi connectivity index (χ4v) is 0.922. The van der Waals surface area contributed by atoms with Crippen molar-refractivity contribution in [1.29, 1.82) is 0 Å². The molecule has 0 amide bonds. The number of hydrogen-bond acceptors (Lipinski definition) is 3. The van der Waals surface area contributed by atoms with Crippen LogP contribution >= 0.6 is 0 Å². The quantitative estimate of drug-likeness (QED) is 0.550. The van der Waals surface area contributed by atoms with Crippen LogP contribution in [0.3, 0.4) is 0 Å². The van der Waals surface area contributed by atoms with Gasteiger partial charge >= 0.3 is 0 Å². The van der Waals surface area contributed by atoms with Gasteiger partial charge in [-0.15, -0.1) is 0 Å². The van der Waals surface area contributed by atoms with E-state index in [2.05, 4.69) is 22.2 Å². The molecule has 0 saturated carbocycles. The first-order valence-electron chi connectivity index (χ1n) is 4.17. The van der Waals surface area contributed by atoms with Crippen LogP contribution in [0.1, 0.15) is 20.8 Å². The number of likely N-dealkylation sites (N-methyl/N-ethyl adjacent to an activating group) is 1. The van der Waals surface area contributed by atoms with E-state index in [1.54, 1.807) is 0 Å². The summed E-state index contributed by atoms with van der Waals surface area (Å²) in [4.78, 5) is 0. The first-order valence-corrected chi connectivity index (χ1v) is 4.17. The van der Waals surface area contributed by atoms with E-state index < -0.39 is 0 Å². The third-order valence-corrected chi connectivity index (χ3v) is 1.33. The molecule has 11 heavy (non-hydrogen) atoms. The van der Waals surface area contributed by atoms with Crippen molar-refractivity contribution in [3.63, 3.8) is 0 Å². The van der Waals surface area contributed by atoms with Crippen molar-refractivity contribution in [3.8, 4) is 0 Å². The first-order chi connectivity index (χ1) is 5.33. The predicted molar refractivity (Wildman–Crippen MR) is 49.1 cm³/mol. The van der Waals surface area contributed by atoms with Crippen LogP contribution in [-0.4, -0.2) is 19.6 Å². The summed E-state index contributed by atoms with van der Waals surface area (Å²) in [6, 6.07) is 0.454. The Hall–Kier alpha value is -0.540. The molecule has 1 aliphatic rings. The van der Waals surface area contributed by atoms with Gasteiger partial charge in [-0.2, -0.15) is 0 Å². The standard InChI is InChI=1S/C6H13N3.C2H6/c1-5-3-6(4-7-2)9-8-5;1-2/h3,6-9H,4H2,1-2H3;1-2H3. The molecule has 1 aliphatic heterocycles. The second-order valence-corrected chi connectivity index (χ2v) is 2.28. The third kappa shape index (κ3) is 4.01. The molecule has 0 bridgehead atoms. The Labute approximate surface area is 69.2 Å². The van der Waals surface area contributed by atoms with Gasteiger partial charge in [0.2, 0.25) is 0 Å². The van der Waals surface area contributed by atoms with Gasteiger partial charge in [0.25, 0.3) is 0 Å². The Balaban J connectivity index is 0.000000461. The monoisotopic (exact) mass is 157 g/mol. The highest BCUT2D eigenvalue weighted by molar-refractivity contribution is 5.07. The molecule has 1 atom stereocenters. The van der Waals surface area contributed by atoms with Gasteiger partial charge in [0.15, 0.2) is 0 Å². The minimum absolute atomic E-state index is 0.454. The van der Waals surface area contributed by atoms with Crippen LogP contribution in [0.25, 0.3) is 0 Å². The second kappa shape index (κ2) is 6.19. The molecule has 1 unspecified atom stereocenters. The van der Waals surface area contributed by atoms with Crippen LogP contribution in [-0.2, 0) is 0 Å². The molecule has 0 fully saturated rings. The van der Waals surface area contributed by atoms with E-state index in [0.717, 1.165) is 6.54 Å². The molecular formula is C8H19N3. The Morgan fingerprint density at radius 3 is 2.55 bits per heavy atom. The topological polar surface area (TPSA) is 36.1 Å². The predicted octanol–water partition coefficient (Wildman–Crippen LogP) is 0.612. The average Bonchev–Trinajstić information content (AvgIpc) is 2.41. The molecule has 66 valence electrons. The zero-order chi connectivity index (χ0) is 8.69. The largest absolute Gasteiger partial charge is 0.326 e. The van der Waals surface area contributed by atoms with Crippen LogP contribution < -0.4 is 16.2 Å². The molecule has 1 rings (SSSR count). The van der Waals surface area contributed by atoms with Crippen LogP contribution in [0.15, 0.2) is 11.8 Å². The Morgan fingerprint density at radius 1 is 1.55 bits per heavy atom. The molecule has 3 N–H and O–H groups in total. The van der Waals surface area contributed by atoms with E-state index >= 15 is 0 Å². The molecule has 0 aromatic rings. The minimum Gasteiger partial charge on any atom is -0.326 e. The average molecular weight is 157 g/mol. The van der Waals surface area contributed by atoms with Gasteiger partial charge in [0, 0.05) is 12.2 Å². The normalized spacial score (nSPS) is 21.5. The number of hydrogen-bond donors (Lipinski definition) is 3. The molecule has 0 aromatic heterocycles. The lowest BCUT2D eigenvalue weighted by Crippen LogP contribution is -2.37. The van der Waals surface area contributed by atoms with E-state index in [1.165, 1.54) is 5.70 Å². The van der Waals surface area contributed by atoms with Gasteiger partial charge in [-0.1, -0.05) is 13.8 Å². The molecule has 0 aliphatic carbocycles. The molecule has 0 radical (unpaired) electrons. The van der Waals surface area contributed by atoms with Crippen molar-refractivity contribution >= 4 is 0 Å². The maximum Gasteiger partial charge on any atom is 0.0584 e. The lowest BCUT2D eigenvalue weighted by molar-refractivity contribution is 0.551. The van der Waals surface area contributed by atoms with Gasteiger partial charge in [-0.3, -0.25) is 0 Å². The molecule has 0 spiro atoms. The van der Waals surface area contributed by atoms with Crippen molar-refractivity contribution in [1.82, 2.24) is 16.2 Å². The Kier molecular flexibility index (Phi) is 5.88. The van der Waals surface area contributed by atoms with Crippen LogP contribution in [0.5, 0.6) is 0 Å². The molecule has 0 aromatic carbocycles. The van der Waals surface area contributed by atoms with E-state index in [4.69, 9.17) is 0 Å². The van der Waals surface area contributed by atoms with Crippen molar-refractivity contribution in [3.05, 3.63) is 11.8 Å². The van der Waals surface area contributed by atoms with E-state index in [-0.39, 0.29) is 0 Å². The van der Waals surface area contributed by atoms with Crippen molar-refractivity contribution in [2.24, 2.45) is 0 Å². The highest BCUT2D eigenvalue weighted by atomic mass is 15.4. The molecule has 3 nitrogen and oxygen atoms in total. The molecule has 1 heterocycles. The van der Waals surface area contributed by atoms with Crippen LogP contribution in [0, 0.1) is 0 Å². The van der Waals surface area contributed by atoms with Gasteiger partial charge < -0.3 is 10.7 Å². The maximum atomic E-state index is 3.10. The SMILES string of the molecule is CC.CNCC1C=C(C)NN1. The van der Waals surface area contributed by atoms with Gasteiger partial charge in [-0.25, -0.2) is 5.43 Å². The van der Waals surface area contributed by atoms with Gasteiger partial charge in [-0.05, 0) is 20.0 Å². The second-order valence-electron chi connectivity index (χ2n) is 2.28. The van der Waals surface area contributed by atoms with Crippen LogP contribution in [0.2, 0.25) is 0 Å². The summed E-state index contributed by atoms with van der Waals surface area (Å²) in [6.07, 6.45) is 2.16. The fraction of sp³-hybridized carbons (Fsp3) is 0.750. The third-order valence-electron chi connectivity index (χ3n) is 1.33. The van der Waals surface area contributed by atoms with Crippen LogP contribution in [0.4, 0.5) is 0 Å². The first kappa shape index (κ1) is 10.5. The molecule has 3 heteroatoms. The highest BCUT2D eigenvalue weighted by Crippen LogP contribution is 1.96. The van der Waals surface area contributed by atoms with Crippen molar-refractivity contribution < 1.29 is 0 Å². The zero-order valence-corrected chi connectivity index (χ0v) is 7.86. The van der Waals surface area contributed by atoms with E-state index in [9.17, 15) is 0 Å². The summed E-state index contributed by atoms with van der Waals surface area (Å²) in [5.74, 6) is 0. The molecular weight excluding hydrogens is 138 g/mol. The van der Waals surface area contributed by atoms with Crippen molar-refractivity contribution in [2.45, 2.75) is 26.8 Å². The highest BCUT2D eigenvalue weighted by Gasteiger charge is 2.08. The maximum absolute atomic E-state index is 3.10. The summed E-state index contributed by atoms with van der Waals surface area (Å²) in [6.45, 7) is 7.02. The summed E-state index contributed by atoms with van der Waals surface area (Å²) >= 11 is 0. The van der Waals surface area contributed by atoms with Gasteiger partial charge in [0.1, 0.15) is 0 Å². The Bertz CT molecular complexity index is 121. The summed E-state index contributed by atoms with van der Waals surface area (Å²) in [5.41, 5.74) is 7.33. The number of nitrogens with one attached hydrogen (secondary N) is 3. The van der Waals surface area contributed by atoms with E-state index in [0.29, 0.717) is 6.04 Å². The van der Waals surface area contributed by atoms with E-state index in [1.807, 2.05) is 27.8 Å². The summed E-state index contributed by atoms with van der Waals surface area (Å²) in [7, 11) is 1.95. The molecule has 0 saturated heterocycles. The van der Waals surface area contributed by atoms with Gasteiger partial charge in [0.05, 0.1) is 6.04 Å². The number of hydrazine groups is 1. The minimum atomic E-state index is 0.454. The lowest BCUT2D eigenvalue weighted by atomic mass is 10.3. The lowest BCUT2D eigenvalue weighted by Gasteiger charge is -2.05.